The van der Waals surface area contributed by atoms with Crippen LogP contribution in [0.1, 0.15) is 17.1 Å². The molecule has 0 amide bonds. The summed E-state index contributed by atoms with van der Waals surface area (Å²) >= 11 is 0. The molecule has 0 aliphatic carbocycles. The highest BCUT2D eigenvalue weighted by Crippen LogP contribution is 2.21. The second-order valence-corrected chi connectivity index (χ2v) is 5.10. The van der Waals surface area contributed by atoms with E-state index in [1.54, 1.807) is 7.11 Å². The fourth-order valence-electron chi connectivity index (χ4n) is 2.41. The van der Waals surface area contributed by atoms with E-state index in [1.807, 2.05) is 38.1 Å². The molecule has 21 heavy (non-hydrogen) atoms. The molecule has 0 unspecified atom stereocenters. The second kappa shape index (κ2) is 5.09. The Labute approximate surface area is 123 Å². The van der Waals surface area contributed by atoms with Crippen LogP contribution in [0.15, 0.2) is 30.3 Å². The molecule has 2 aromatic heterocycles. The zero-order valence-corrected chi connectivity index (χ0v) is 12.4. The molecule has 3 aromatic rings. The quantitative estimate of drug-likeness (QED) is 0.802. The second-order valence-electron chi connectivity index (χ2n) is 5.10. The number of aryl methyl sites for hydroxylation is 2. The van der Waals surface area contributed by atoms with Gasteiger partial charge >= 0.3 is 0 Å². The Kier molecular flexibility index (Phi) is 3.25. The highest BCUT2D eigenvalue weighted by Gasteiger charge is 2.11. The fourth-order valence-corrected chi connectivity index (χ4v) is 2.41. The van der Waals surface area contributed by atoms with Crippen LogP contribution in [0, 0.1) is 13.8 Å². The van der Waals surface area contributed by atoms with Crippen molar-refractivity contribution in [2.24, 2.45) is 0 Å². The van der Waals surface area contributed by atoms with Crippen molar-refractivity contribution < 1.29 is 4.74 Å². The summed E-state index contributed by atoms with van der Waals surface area (Å²) in [5, 5.41) is 0. The van der Waals surface area contributed by atoms with Gasteiger partial charge in [-0.1, -0.05) is 12.1 Å². The van der Waals surface area contributed by atoms with Crippen molar-refractivity contribution >= 4 is 16.9 Å². The van der Waals surface area contributed by atoms with Crippen LogP contribution in [0.25, 0.3) is 11.2 Å². The predicted molar refractivity (Wildman–Crippen MR) is 83.5 cm³/mol. The summed E-state index contributed by atoms with van der Waals surface area (Å²) in [7, 11) is 1.67. The number of pyridine rings is 1. The first-order valence-electron chi connectivity index (χ1n) is 6.81. The number of anilines is 1. The van der Waals surface area contributed by atoms with Gasteiger partial charge in [0.05, 0.1) is 25.0 Å². The molecule has 0 radical (unpaired) electrons. The molecular weight excluding hydrogens is 264 g/mol. The van der Waals surface area contributed by atoms with Gasteiger partial charge in [-0.05, 0) is 37.6 Å². The summed E-state index contributed by atoms with van der Waals surface area (Å²) in [6, 6.07) is 9.89. The van der Waals surface area contributed by atoms with Gasteiger partial charge in [0.25, 0.3) is 0 Å². The van der Waals surface area contributed by atoms with E-state index in [0.29, 0.717) is 12.2 Å². The van der Waals surface area contributed by atoms with Crippen LogP contribution in [-0.4, -0.2) is 21.6 Å². The summed E-state index contributed by atoms with van der Waals surface area (Å²) in [6.07, 6.45) is 0. The third-order valence-electron chi connectivity index (χ3n) is 3.62. The van der Waals surface area contributed by atoms with Crippen molar-refractivity contribution in [3.05, 3.63) is 47.4 Å². The van der Waals surface area contributed by atoms with E-state index in [4.69, 9.17) is 10.5 Å². The molecule has 0 saturated carbocycles. The SMILES string of the molecule is COc1cccc(Cn2c(C)nc3cc(N)c(C)nc32)c1. The van der Waals surface area contributed by atoms with Gasteiger partial charge in [-0.2, -0.15) is 0 Å². The van der Waals surface area contributed by atoms with E-state index in [0.717, 1.165) is 34.0 Å². The zero-order chi connectivity index (χ0) is 15.0. The van der Waals surface area contributed by atoms with Crippen LogP contribution in [0.4, 0.5) is 5.69 Å². The standard InChI is InChI=1S/C16H18N4O/c1-10-14(17)8-15-16(18-10)20(11(2)19-15)9-12-5-4-6-13(7-12)21-3/h4-8H,9,17H2,1-3H3. The van der Waals surface area contributed by atoms with Gasteiger partial charge in [0, 0.05) is 0 Å². The van der Waals surface area contributed by atoms with Crippen LogP contribution >= 0.6 is 0 Å². The van der Waals surface area contributed by atoms with Gasteiger partial charge in [0.2, 0.25) is 0 Å². The van der Waals surface area contributed by atoms with Crippen LogP contribution in [-0.2, 0) is 6.54 Å². The van der Waals surface area contributed by atoms with Gasteiger partial charge < -0.3 is 15.0 Å². The third-order valence-corrected chi connectivity index (χ3v) is 3.62. The Morgan fingerprint density at radius 2 is 2.00 bits per heavy atom. The monoisotopic (exact) mass is 282 g/mol. The number of nitrogens with zero attached hydrogens (tertiary/aromatic N) is 3. The summed E-state index contributed by atoms with van der Waals surface area (Å²) < 4.78 is 7.36. The molecule has 0 aliphatic heterocycles. The number of hydrogen-bond acceptors (Lipinski definition) is 4. The van der Waals surface area contributed by atoms with Crippen LogP contribution in [0.5, 0.6) is 5.75 Å². The molecule has 0 saturated heterocycles. The predicted octanol–water partition coefficient (Wildman–Crippen LogP) is 2.69. The van der Waals surface area contributed by atoms with E-state index >= 15 is 0 Å². The molecule has 2 N–H and O–H groups in total. The van der Waals surface area contributed by atoms with Gasteiger partial charge in [-0.3, -0.25) is 0 Å². The number of imidazole rings is 1. The summed E-state index contributed by atoms with van der Waals surface area (Å²) in [4.78, 5) is 9.12. The van der Waals surface area contributed by atoms with Gasteiger partial charge in [0.15, 0.2) is 5.65 Å². The number of methoxy groups -OCH3 is 1. The topological polar surface area (TPSA) is 66.0 Å². The molecule has 3 rings (SSSR count). The van der Waals surface area contributed by atoms with Crippen molar-refractivity contribution in [2.75, 3.05) is 12.8 Å². The highest BCUT2D eigenvalue weighted by atomic mass is 16.5. The Balaban J connectivity index is 2.07. The Morgan fingerprint density at radius 1 is 1.19 bits per heavy atom. The molecule has 0 spiro atoms. The van der Waals surface area contributed by atoms with Crippen molar-refractivity contribution in [3.63, 3.8) is 0 Å². The van der Waals surface area contributed by atoms with E-state index in [-0.39, 0.29) is 0 Å². The van der Waals surface area contributed by atoms with Crippen molar-refractivity contribution in [1.29, 1.82) is 0 Å². The summed E-state index contributed by atoms with van der Waals surface area (Å²) in [6.45, 7) is 4.59. The van der Waals surface area contributed by atoms with Crippen LogP contribution < -0.4 is 10.5 Å². The lowest BCUT2D eigenvalue weighted by Gasteiger charge is -2.08. The van der Waals surface area contributed by atoms with E-state index < -0.39 is 0 Å². The summed E-state index contributed by atoms with van der Waals surface area (Å²) in [5.74, 6) is 1.77. The first kappa shape index (κ1) is 13.4. The number of benzene rings is 1. The van der Waals surface area contributed by atoms with Gasteiger partial charge in [0.1, 0.15) is 17.1 Å². The molecule has 5 nitrogen and oxygen atoms in total. The minimum absolute atomic E-state index is 0.675. The molecule has 1 aromatic carbocycles. The van der Waals surface area contributed by atoms with Gasteiger partial charge in [-0.15, -0.1) is 0 Å². The normalized spacial score (nSPS) is 11.0. The molecule has 0 atom stereocenters. The molecule has 0 fully saturated rings. The number of fused-ring (bicyclic) bond motifs is 1. The lowest BCUT2D eigenvalue weighted by atomic mass is 10.2. The lowest BCUT2D eigenvalue weighted by molar-refractivity contribution is 0.414. The van der Waals surface area contributed by atoms with E-state index in [9.17, 15) is 0 Å². The van der Waals surface area contributed by atoms with E-state index in [2.05, 4.69) is 20.6 Å². The maximum absolute atomic E-state index is 5.91. The smallest absolute Gasteiger partial charge is 0.160 e. The van der Waals surface area contributed by atoms with E-state index in [1.165, 1.54) is 0 Å². The zero-order valence-electron chi connectivity index (χ0n) is 12.4. The maximum atomic E-state index is 5.91. The number of nitrogen functional groups attached to an aromatic ring is 1. The minimum atomic E-state index is 0.675. The first-order chi connectivity index (χ1) is 10.1. The van der Waals surface area contributed by atoms with Crippen molar-refractivity contribution in [3.8, 4) is 5.75 Å². The number of hydrogen-bond donors (Lipinski definition) is 1. The fraction of sp³-hybridized carbons (Fsp3) is 0.250. The van der Waals surface area contributed by atoms with Gasteiger partial charge in [-0.25, -0.2) is 9.97 Å². The molecule has 5 heteroatoms. The Hall–Kier alpha value is -2.56. The average molecular weight is 282 g/mol. The number of rotatable bonds is 3. The average Bonchev–Trinajstić information content (AvgIpc) is 2.76. The highest BCUT2D eigenvalue weighted by molar-refractivity contribution is 5.76. The third kappa shape index (κ3) is 2.42. The number of ether oxygens (including phenoxy) is 1. The van der Waals surface area contributed by atoms with Crippen LogP contribution in [0.2, 0.25) is 0 Å². The molecular formula is C16H18N4O. The lowest BCUT2D eigenvalue weighted by Crippen LogP contribution is -2.04. The van der Waals surface area contributed by atoms with Crippen molar-refractivity contribution in [2.45, 2.75) is 20.4 Å². The van der Waals surface area contributed by atoms with Crippen LogP contribution in [0.3, 0.4) is 0 Å². The Morgan fingerprint density at radius 3 is 2.76 bits per heavy atom. The number of aromatic nitrogens is 3. The maximum Gasteiger partial charge on any atom is 0.160 e. The molecule has 108 valence electrons. The largest absolute Gasteiger partial charge is 0.497 e. The first-order valence-corrected chi connectivity index (χ1v) is 6.81. The minimum Gasteiger partial charge on any atom is -0.497 e. The molecule has 0 bridgehead atoms. The molecule has 0 aliphatic rings. The Bertz CT molecular complexity index is 807. The summed E-state index contributed by atoms with van der Waals surface area (Å²) in [5.41, 5.74) is 10.3. The number of nitrogens with two attached hydrogens (primary N) is 1. The van der Waals surface area contributed by atoms with Crippen molar-refractivity contribution in [1.82, 2.24) is 14.5 Å². The molecule has 2 heterocycles.